The van der Waals surface area contributed by atoms with Gasteiger partial charge in [-0.1, -0.05) is 23.7 Å². The van der Waals surface area contributed by atoms with Gasteiger partial charge in [0.2, 0.25) is 0 Å². The topological polar surface area (TPSA) is 54.5 Å². The molecule has 39 heavy (non-hydrogen) atoms. The molecule has 1 amide bonds. The van der Waals surface area contributed by atoms with Crippen molar-refractivity contribution in [2.75, 3.05) is 14.2 Å². The average Bonchev–Trinajstić information content (AvgIpc) is 3.32. The number of ether oxygens (including phenoxy) is 1. The van der Waals surface area contributed by atoms with E-state index >= 15 is 0 Å². The molecule has 0 spiro atoms. The van der Waals surface area contributed by atoms with Crippen molar-refractivity contribution in [1.29, 1.82) is 0 Å². The number of halogens is 3. The van der Waals surface area contributed by atoms with Gasteiger partial charge in [-0.05, 0) is 75.0 Å². The number of hydrogen-bond acceptors (Lipinski definition) is 5. The maximum atomic E-state index is 14.7. The Kier molecular flexibility index (Phi) is 8.16. The third kappa shape index (κ3) is 5.38. The lowest BCUT2D eigenvalue weighted by Crippen LogP contribution is -2.44. The van der Waals surface area contributed by atoms with Crippen molar-refractivity contribution in [3.63, 3.8) is 0 Å². The molecule has 1 saturated carbocycles. The third-order valence-corrected chi connectivity index (χ3v) is 9.32. The molecule has 0 radical (unpaired) electrons. The van der Waals surface area contributed by atoms with E-state index in [1.807, 2.05) is 24.9 Å². The number of amides is 1. The zero-order valence-corrected chi connectivity index (χ0v) is 23.6. The van der Waals surface area contributed by atoms with Crippen LogP contribution in [0.3, 0.4) is 0 Å². The molecule has 0 saturated heterocycles. The number of aryl methyl sites for hydroxylation is 1. The number of nitrogens with zero attached hydrogens (tertiary/aromatic N) is 2. The molecular formula is C30H30ClF2N3O2S. The molecule has 0 unspecified atom stereocenters. The van der Waals surface area contributed by atoms with E-state index < -0.39 is 11.6 Å². The number of methoxy groups -OCH3 is 1. The molecule has 4 aromatic rings. The van der Waals surface area contributed by atoms with Crippen LogP contribution in [0.5, 0.6) is 5.75 Å². The molecule has 0 atom stereocenters. The summed E-state index contributed by atoms with van der Waals surface area (Å²) in [6.07, 6.45) is 6.21. The van der Waals surface area contributed by atoms with Crippen molar-refractivity contribution in [3.05, 3.63) is 81.5 Å². The molecule has 1 aliphatic carbocycles. The van der Waals surface area contributed by atoms with E-state index in [9.17, 15) is 13.6 Å². The molecule has 2 aromatic heterocycles. The summed E-state index contributed by atoms with van der Waals surface area (Å²) in [5, 5.41) is 4.20. The van der Waals surface area contributed by atoms with E-state index in [4.69, 9.17) is 16.3 Å². The first-order valence-corrected chi connectivity index (χ1v) is 14.1. The summed E-state index contributed by atoms with van der Waals surface area (Å²) in [5.74, 6) is -0.465. The monoisotopic (exact) mass is 569 g/mol. The Bertz CT molecular complexity index is 1520. The van der Waals surface area contributed by atoms with E-state index in [1.165, 1.54) is 12.3 Å². The predicted octanol–water partition coefficient (Wildman–Crippen LogP) is 7.38. The fourth-order valence-corrected chi connectivity index (χ4v) is 7.09. The van der Waals surface area contributed by atoms with E-state index in [-0.39, 0.29) is 23.5 Å². The smallest absolute Gasteiger partial charge is 0.266 e. The number of carbonyl (C=O) groups excluding carboxylic acids is 1. The SMILES string of the molecule is CN[C@H]1CC[C@H](N(Cc2cc(-c3ccncc3F)ccc2OC)C(=O)c2sc3c(F)ccc(C)c3c2Cl)CC1. The van der Waals surface area contributed by atoms with Gasteiger partial charge in [-0.3, -0.25) is 9.78 Å². The number of fused-ring (bicyclic) bond motifs is 1. The van der Waals surface area contributed by atoms with Crippen LogP contribution in [0.1, 0.15) is 46.5 Å². The van der Waals surface area contributed by atoms with Crippen LogP contribution in [0, 0.1) is 18.6 Å². The molecule has 204 valence electrons. The number of hydrogen-bond donors (Lipinski definition) is 1. The number of benzene rings is 2. The first kappa shape index (κ1) is 27.5. The standard InChI is InChI=1S/C30H30ClF2N3O2S/c1-17-4-10-23(32)28-26(17)27(31)29(39-28)30(37)36(21-8-6-20(34-2)7-9-21)16-19-14-18(5-11-25(19)38-3)22-12-13-35-15-24(22)33/h4-5,10-15,20-21,34H,6-9,16H2,1-3H3/t20-,21-. The summed E-state index contributed by atoms with van der Waals surface area (Å²) in [5.41, 5.74) is 2.64. The summed E-state index contributed by atoms with van der Waals surface area (Å²) in [6, 6.07) is 10.5. The van der Waals surface area contributed by atoms with Crippen molar-refractivity contribution in [2.45, 2.75) is 51.2 Å². The summed E-state index contributed by atoms with van der Waals surface area (Å²) in [4.78, 5) is 20.2. The maximum Gasteiger partial charge on any atom is 0.266 e. The van der Waals surface area contributed by atoms with Crippen LogP contribution in [-0.2, 0) is 6.54 Å². The Morgan fingerprint density at radius 1 is 1.15 bits per heavy atom. The summed E-state index contributed by atoms with van der Waals surface area (Å²) in [6.45, 7) is 2.10. The van der Waals surface area contributed by atoms with E-state index in [1.54, 1.807) is 37.6 Å². The Morgan fingerprint density at radius 3 is 2.59 bits per heavy atom. The number of pyridine rings is 1. The van der Waals surface area contributed by atoms with Crippen LogP contribution in [0.15, 0.2) is 48.8 Å². The van der Waals surface area contributed by atoms with Gasteiger partial charge in [0.05, 0.1) is 23.0 Å². The van der Waals surface area contributed by atoms with Gasteiger partial charge in [0.1, 0.15) is 22.3 Å². The molecule has 2 heterocycles. The van der Waals surface area contributed by atoms with E-state index in [2.05, 4.69) is 10.3 Å². The predicted molar refractivity (Wildman–Crippen MR) is 153 cm³/mol. The number of nitrogens with one attached hydrogen (secondary N) is 1. The Morgan fingerprint density at radius 2 is 1.92 bits per heavy atom. The zero-order valence-electron chi connectivity index (χ0n) is 22.1. The minimum absolute atomic E-state index is 0.0413. The van der Waals surface area contributed by atoms with Crippen LogP contribution < -0.4 is 10.1 Å². The van der Waals surface area contributed by atoms with E-state index in [0.29, 0.717) is 37.9 Å². The van der Waals surface area contributed by atoms with Gasteiger partial charge in [-0.2, -0.15) is 0 Å². The van der Waals surface area contributed by atoms with Gasteiger partial charge < -0.3 is 15.0 Å². The van der Waals surface area contributed by atoms with Gasteiger partial charge in [0.25, 0.3) is 5.91 Å². The van der Waals surface area contributed by atoms with Crippen molar-refractivity contribution < 1.29 is 18.3 Å². The largest absolute Gasteiger partial charge is 0.496 e. The Balaban J connectivity index is 1.57. The molecular weight excluding hydrogens is 540 g/mol. The van der Waals surface area contributed by atoms with Crippen molar-refractivity contribution in [2.24, 2.45) is 0 Å². The Hall–Kier alpha value is -3.07. The first-order chi connectivity index (χ1) is 18.8. The number of thiophene rings is 1. The molecule has 1 fully saturated rings. The number of carbonyl (C=O) groups is 1. The Labute approximate surface area is 235 Å². The lowest BCUT2D eigenvalue weighted by Gasteiger charge is -2.37. The second kappa shape index (κ2) is 11.6. The molecule has 0 bridgehead atoms. The summed E-state index contributed by atoms with van der Waals surface area (Å²) >= 11 is 7.85. The number of aromatic nitrogens is 1. The number of rotatable bonds is 7. The first-order valence-electron chi connectivity index (χ1n) is 12.9. The molecule has 5 rings (SSSR count). The molecule has 9 heteroatoms. The highest BCUT2D eigenvalue weighted by molar-refractivity contribution is 7.21. The van der Waals surface area contributed by atoms with Gasteiger partial charge in [0.15, 0.2) is 0 Å². The maximum absolute atomic E-state index is 14.7. The van der Waals surface area contributed by atoms with Gasteiger partial charge in [0, 0.05) is 41.3 Å². The highest BCUT2D eigenvalue weighted by atomic mass is 35.5. The van der Waals surface area contributed by atoms with Crippen molar-refractivity contribution in [1.82, 2.24) is 15.2 Å². The fourth-order valence-electron chi connectivity index (χ4n) is 5.46. The lowest BCUT2D eigenvalue weighted by atomic mass is 9.89. The molecule has 0 aliphatic heterocycles. The fraction of sp³-hybridized carbons (Fsp3) is 0.333. The molecule has 1 aliphatic rings. The minimum atomic E-state index is -0.429. The lowest BCUT2D eigenvalue weighted by molar-refractivity contribution is 0.0604. The molecule has 5 nitrogen and oxygen atoms in total. The van der Waals surface area contributed by atoms with Crippen molar-refractivity contribution in [3.8, 4) is 16.9 Å². The molecule has 2 aromatic carbocycles. The average molecular weight is 570 g/mol. The van der Waals surface area contributed by atoms with Crippen LogP contribution in [0.2, 0.25) is 5.02 Å². The molecule has 1 N–H and O–H groups in total. The summed E-state index contributed by atoms with van der Waals surface area (Å²) < 4.78 is 35.3. The van der Waals surface area contributed by atoms with Crippen LogP contribution in [-0.4, -0.2) is 42.0 Å². The highest BCUT2D eigenvalue weighted by Crippen LogP contribution is 2.41. The van der Waals surface area contributed by atoms with Gasteiger partial charge >= 0.3 is 0 Å². The van der Waals surface area contributed by atoms with Crippen LogP contribution in [0.25, 0.3) is 21.2 Å². The second-order valence-electron chi connectivity index (χ2n) is 9.92. The van der Waals surface area contributed by atoms with Crippen LogP contribution >= 0.6 is 22.9 Å². The normalized spacial score (nSPS) is 17.4. The second-order valence-corrected chi connectivity index (χ2v) is 11.3. The van der Waals surface area contributed by atoms with Gasteiger partial charge in [-0.25, -0.2) is 8.78 Å². The zero-order chi connectivity index (χ0) is 27.7. The van der Waals surface area contributed by atoms with E-state index in [0.717, 1.165) is 48.1 Å². The minimum Gasteiger partial charge on any atom is -0.496 e. The highest BCUT2D eigenvalue weighted by Gasteiger charge is 2.32. The quantitative estimate of drug-likeness (QED) is 0.252. The third-order valence-electron chi connectivity index (χ3n) is 7.65. The summed E-state index contributed by atoms with van der Waals surface area (Å²) in [7, 11) is 3.53. The van der Waals surface area contributed by atoms with Crippen molar-refractivity contribution >= 4 is 38.9 Å². The van der Waals surface area contributed by atoms with Crippen LogP contribution in [0.4, 0.5) is 8.78 Å². The van der Waals surface area contributed by atoms with Gasteiger partial charge in [-0.15, -0.1) is 11.3 Å².